The van der Waals surface area contributed by atoms with Crippen LogP contribution >= 0.6 is 11.3 Å². The van der Waals surface area contributed by atoms with Gasteiger partial charge in [-0.05, 0) is 31.0 Å². The van der Waals surface area contributed by atoms with Crippen molar-refractivity contribution in [3.63, 3.8) is 0 Å². The van der Waals surface area contributed by atoms with E-state index in [4.69, 9.17) is 5.73 Å². The largest absolute Gasteiger partial charge is 0.397 e. The molecule has 0 unspecified atom stereocenters. The zero-order valence-corrected chi connectivity index (χ0v) is 11.0. The van der Waals surface area contributed by atoms with E-state index in [0.29, 0.717) is 0 Å². The van der Waals surface area contributed by atoms with Crippen LogP contribution in [0.5, 0.6) is 0 Å². The molecule has 0 amide bonds. The summed E-state index contributed by atoms with van der Waals surface area (Å²) in [5.74, 6) is 0. The van der Waals surface area contributed by atoms with E-state index in [1.807, 2.05) is 25.3 Å². The molecule has 4 heteroatoms. The van der Waals surface area contributed by atoms with Crippen molar-refractivity contribution in [2.24, 2.45) is 0 Å². The molecule has 0 fully saturated rings. The van der Waals surface area contributed by atoms with E-state index >= 15 is 0 Å². The second-order valence-corrected chi connectivity index (χ2v) is 5.22. The highest BCUT2D eigenvalue weighted by molar-refractivity contribution is 7.11. The van der Waals surface area contributed by atoms with Gasteiger partial charge in [-0.15, -0.1) is 11.3 Å². The van der Waals surface area contributed by atoms with Crippen molar-refractivity contribution in [3.05, 3.63) is 39.8 Å². The molecule has 0 aliphatic carbocycles. The fourth-order valence-corrected chi connectivity index (χ4v) is 2.41. The summed E-state index contributed by atoms with van der Waals surface area (Å²) in [7, 11) is 0. The van der Waals surface area contributed by atoms with Crippen molar-refractivity contribution in [1.29, 1.82) is 0 Å². The van der Waals surface area contributed by atoms with Gasteiger partial charge in [0.25, 0.3) is 0 Å². The van der Waals surface area contributed by atoms with Gasteiger partial charge in [-0.2, -0.15) is 0 Å². The predicted molar refractivity (Wildman–Crippen MR) is 74.4 cm³/mol. The normalized spacial score (nSPS) is 10.5. The van der Waals surface area contributed by atoms with Crippen LogP contribution in [0.25, 0.3) is 0 Å². The number of hydrogen-bond acceptors (Lipinski definition) is 4. The Balaban J connectivity index is 2.02. The van der Waals surface area contributed by atoms with E-state index in [2.05, 4.69) is 23.3 Å². The molecule has 0 aliphatic rings. The lowest BCUT2D eigenvalue weighted by atomic mass is 10.2. The van der Waals surface area contributed by atoms with E-state index in [0.717, 1.165) is 29.3 Å². The molecule has 0 radical (unpaired) electrons. The van der Waals surface area contributed by atoms with Gasteiger partial charge >= 0.3 is 0 Å². The number of benzene rings is 1. The first-order valence-electron chi connectivity index (χ1n) is 5.72. The zero-order valence-electron chi connectivity index (χ0n) is 10.2. The monoisotopic (exact) mass is 247 g/mol. The molecule has 0 aliphatic heterocycles. The number of rotatable bonds is 4. The summed E-state index contributed by atoms with van der Waals surface area (Å²) >= 11 is 1.75. The minimum Gasteiger partial charge on any atom is -0.397 e. The summed E-state index contributed by atoms with van der Waals surface area (Å²) in [6, 6.07) is 6.04. The minimum absolute atomic E-state index is 0.734. The molecule has 90 valence electrons. The van der Waals surface area contributed by atoms with Gasteiger partial charge in [-0.3, -0.25) is 0 Å². The van der Waals surface area contributed by atoms with Crippen molar-refractivity contribution in [2.45, 2.75) is 26.8 Å². The van der Waals surface area contributed by atoms with Gasteiger partial charge in [0.2, 0.25) is 0 Å². The molecule has 3 nitrogen and oxygen atoms in total. The Bertz CT molecular complexity index is 505. The van der Waals surface area contributed by atoms with Crippen LogP contribution in [0.2, 0.25) is 0 Å². The molecule has 2 aromatic rings. The fourth-order valence-electron chi connectivity index (χ4n) is 1.61. The zero-order chi connectivity index (χ0) is 12.3. The van der Waals surface area contributed by atoms with Gasteiger partial charge < -0.3 is 11.1 Å². The smallest absolute Gasteiger partial charge is 0.112 e. The van der Waals surface area contributed by atoms with Crippen LogP contribution in [-0.2, 0) is 13.0 Å². The average Bonchev–Trinajstić information content (AvgIpc) is 2.76. The van der Waals surface area contributed by atoms with Gasteiger partial charge in [0, 0.05) is 11.1 Å². The van der Waals surface area contributed by atoms with E-state index in [9.17, 15) is 0 Å². The number of nitrogen functional groups attached to an aromatic ring is 1. The molecule has 0 atom stereocenters. The van der Waals surface area contributed by atoms with E-state index < -0.39 is 0 Å². The Kier molecular flexibility index (Phi) is 3.64. The number of aromatic nitrogens is 1. The van der Waals surface area contributed by atoms with Gasteiger partial charge in [-0.1, -0.05) is 13.0 Å². The highest BCUT2D eigenvalue weighted by Crippen LogP contribution is 2.21. The summed E-state index contributed by atoms with van der Waals surface area (Å²) in [6.45, 7) is 4.91. The van der Waals surface area contributed by atoms with Gasteiger partial charge in [-0.25, -0.2) is 4.98 Å². The third-order valence-electron chi connectivity index (χ3n) is 2.59. The number of nitrogens with one attached hydrogen (secondary N) is 1. The maximum absolute atomic E-state index is 5.94. The Morgan fingerprint density at radius 1 is 1.41 bits per heavy atom. The third-order valence-corrected chi connectivity index (χ3v) is 3.73. The van der Waals surface area contributed by atoms with Crippen LogP contribution < -0.4 is 11.1 Å². The number of thiazole rings is 1. The molecule has 0 saturated heterocycles. The Morgan fingerprint density at radius 3 is 2.88 bits per heavy atom. The average molecular weight is 247 g/mol. The predicted octanol–water partition coefficient (Wildman–Crippen LogP) is 3.21. The van der Waals surface area contributed by atoms with Crippen LogP contribution in [0, 0.1) is 6.92 Å². The Hall–Kier alpha value is -1.55. The molecule has 0 bridgehead atoms. The maximum atomic E-state index is 5.94. The first kappa shape index (κ1) is 11.9. The fraction of sp³-hybridized carbons (Fsp3) is 0.308. The summed E-state index contributed by atoms with van der Waals surface area (Å²) in [6.07, 6.45) is 2.99. The van der Waals surface area contributed by atoms with Crippen LogP contribution in [0.3, 0.4) is 0 Å². The maximum Gasteiger partial charge on any atom is 0.112 e. The molecule has 1 aromatic carbocycles. The Labute approximate surface area is 106 Å². The number of aryl methyl sites for hydroxylation is 2. The Morgan fingerprint density at radius 2 is 2.24 bits per heavy atom. The molecular weight excluding hydrogens is 230 g/mol. The SMILES string of the molecule is CCc1cnc(CNc2ccc(C)cc2N)s1. The molecule has 3 N–H and O–H groups in total. The van der Waals surface area contributed by atoms with Crippen LogP contribution in [0.1, 0.15) is 22.4 Å². The summed E-state index contributed by atoms with van der Waals surface area (Å²) in [5, 5.41) is 4.42. The standard InChI is InChI=1S/C13H17N3S/c1-3-10-7-16-13(17-10)8-15-12-5-4-9(2)6-11(12)14/h4-7,15H,3,8,14H2,1-2H3. The first-order chi connectivity index (χ1) is 8.19. The molecule has 2 rings (SSSR count). The highest BCUT2D eigenvalue weighted by Gasteiger charge is 2.02. The van der Waals surface area contributed by atoms with Crippen molar-refractivity contribution < 1.29 is 0 Å². The lowest BCUT2D eigenvalue weighted by molar-refractivity contribution is 1.09. The van der Waals surface area contributed by atoms with Crippen LogP contribution in [0.15, 0.2) is 24.4 Å². The first-order valence-corrected chi connectivity index (χ1v) is 6.54. The van der Waals surface area contributed by atoms with E-state index in [1.54, 1.807) is 11.3 Å². The summed E-state index contributed by atoms with van der Waals surface area (Å²) in [5.41, 5.74) is 8.88. The van der Waals surface area contributed by atoms with Crippen LogP contribution in [-0.4, -0.2) is 4.98 Å². The topological polar surface area (TPSA) is 50.9 Å². The van der Waals surface area contributed by atoms with Crippen LogP contribution in [0.4, 0.5) is 11.4 Å². The molecular formula is C13H17N3S. The van der Waals surface area contributed by atoms with Crippen molar-refractivity contribution in [1.82, 2.24) is 4.98 Å². The molecule has 1 heterocycles. The molecule has 0 saturated carbocycles. The second kappa shape index (κ2) is 5.19. The quantitative estimate of drug-likeness (QED) is 0.816. The second-order valence-electron chi connectivity index (χ2n) is 4.02. The summed E-state index contributed by atoms with van der Waals surface area (Å²) in [4.78, 5) is 5.68. The van der Waals surface area contributed by atoms with Gasteiger partial charge in [0.15, 0.2) is 0 Å². The highest BCUT2D eigenvalue weighted by atomic mass is 32.1. The lowest BCUT2D eigenvalue weighted by Gasteiger charge is -2.08. The number of anilines is 2. The number of nitrogens with two attached hydrogens (primary N) is 1. The third kappa shape index (κ3) is 2.97. The van der Waals surface area contributed by atoms with Crippen molar-refractivity contribution >= 4 is 22.7 Å². The van der Waals surface area contributed by atoms with Crippen molar-refractivity contribution in [3.8, 4) is 0 Å². The summed E-state index contributed by atoms with van der Waals surface area (Å²) < 4.78 is 0. The van der Waals surface area contributed by atoms with E-state index in [1.165, 1.54) is 10.4 Å². The van der Waals surface area contributed by atoms with E-state index in [-0.39, 0.29) is 0 Å². The minimum atomic E-state index is 0.734. The lowest BCUT2D eigenvalue weighted by Crippen LogP contribution is -2.02. The molecule has 17 heavy (non-hydrogen) atoms. The molecule has 0 spiro atoms. The van der Waals surface area contributed by atoms with Gasteiger partial charge in [0.1, 0.15) is 5.01 Å². The van der Waals surface area contributed by atoms with Crippen molar-refractivity contribution in [2.75, 3.05) is 11.1 Å². The van der Waals surface area contributed by atoms with Gasteiger partial charge in [0.05, 0.1) is 17.9 Å². The number of hydrogen-bond donors (Lipinski definition) is 2. The number of nitrogens with zero attached hydrogens (tertiary/aromatic N) is 1. The molecule has 1 aromatic heterocycles.